The number of aromatic carboxylic acids is 1. The van der Waals surface area contributed by atoms with Crippen LogP contribution in [0.3, 0.4) is 0 Å². The van der Waals surface area contributed by atoms with E-state index in [2.05, 4.69) is 5.32 Å². The van der Waals surface area contributed by atoms with Crippen LogP contribution in [0.15, 0.2) is 42.5 Å². The molecule has 2 aromatic carbocycles. The number of rotatable bonds is 9. The molecule has 0 fully saturated rings. The lowest BCUT2D eigenvalue weighted by atomic mass is 9.99. The first kappa shape index (κ1) is 19.3. The Kier molecular flexibility index (Phi) is 7.33. The number of benzene rings is 2. The van der Waals surface area contributed by atoms with Crippen molar-refractivity contribution in [3.05, 3.63) is 70.0 Å². The lowest BCUT2D eigenvalue weighted by molar-refractivity contribution is 0.0691. The summed E-state index contributed by atoms with van der Waals surface area (Å²) in [5.41, 5.74) is 1.25. The second-order valence-corrected chi connectivity index (χ2v) is 5.75. The van der Waals surface area contributed by atoms with Crippen LogP contribution in [0.25, 0.3) is 0 Å². The van der Waals surface area contributed by atoms with Gasteiger partial charge in [0.1, 0.15) is 11.9 Å². The second-order valence-electron chi connectivity index (χ2n) is 5.32. The average Bonchev–Trinajstić information content (AvgIpc) is 2.57. The van der Waals surface area contributed by atoms with E-state index >= 15 is 0 Å². The van der Waals surface area contributed by atoms with Gasteiger partial charge in [-0.15, -0.1) is 0 Å². The van der Waals surface area contributed by atoms with Crippen molar-refractivity contribution < 1.29 is 23.8 Å². The molecule has 25 heavy (non-hydrogen) atoms. The average molecular weight is 368 g/mol. The lowest BCUT2D eigenvalue weighted by Gasteiger charge is -2.20. The van der Waals surface area contributed by atoms with Crippen molar-refractivity contribution in [2.75, 3.05) is 27.0 Å². The van der Waals surface area contributed by atoms with Crippen molar-refractivity contribution in [2.45, 2.75) is 6.10 Å². The zero-order valence-corrected chi connectivity index (χ0v) is 14.4. The Bertz CT molecular complexity index is 706. The molecule has 1 atom stereocenters. The molecule has 0 bridgehead atoms. The van der Waals surface area contributed by atoms with Gasteiger partial charge in [0.25, 0.3) is 0 Å². The van der Waals surface area contributed by atoms with Crippen LogP contribution in [0.4, 0.5) is 4.39 Å². The van der Waals surface area contributed by atoms with E-state index in [0.29, 0.717) is 31.0 Å². The Balaban J connectivity index is 2.28. The monoisotopic (exact) mass is 367 g/mol. The van der Waals surface area contributed by atoms with Crippen LogP contribution in [0.1, 0.15) is 27.6 Å². The van der Waals surface area contributed by atoms with Gasteiger partial charge in [0.15, 0.2) is 0 Å². The number of hydrogen-bond acceptors (Lipinski definition) is 4. The van der Waals surface area contributed by atoms with Crippen molar-refractivity contribution in [2.24, 2.45) is 0 Å². The lowest BCUT2D eigenvalue weighted by Crippen LogP contribution is -2.23. The maximum atomic E-state index is 13.7. The summed E-state index contributed by atoms with van der Waals surface area (Å²) in [6.07, 6.45) is -0.642. The van der Waals surface area contributed by atoms with Crippen molar-refractivity contribution in [3.8, 4) is 0 Å². The van der Waals surface area contributed by atoms with Gasteiger partial charge >= 0.3 is 5.97 Å². The molecule has 7 heteroatoms. The molecule has 0 aromatic heterocycles. The Morgan fingerprint density at radius 2 is 2.08 bits per heavy atom. The van der Waals surface area contributed by atoms with Gasteiger partial charge in [0.05, 0.1) is 18.9 Å². The first-order chi connectivity index (χ1) is 12.0. The van der Waals surface area contributed by atoms with Crippen LogP contribution in [0.5, 0.6) is 0 Å². The number of carbonyl (C=O) groups is 1. The molecule has 2 aromatic rings. The Hall–Kier alpha value is -1.99. The van der Waals surface area contributed by atoms with Gasteiger partial charge in [-0.1, -0.05) is 23.7 Å². The fourth-order valence-electron chi connectivity index (χ4n) is 2.37. The van der Waals surface area contributed by atoms with Gasteiger partial charge in [0.2, 0.25) is 0 Å². The highest BCUT2D eigenvalue weighted by Crippen LogP contribution is 2.29. The highest BCUT2D eigenvalue weighted by Gasteiger charge is 2.18. The van der Waals surface area contributed by atoms with Gasteiger partial charge in [-0.2, -0.15) is 0 Å². The van der Waals surface area contributed by atoms with Crippen LogP contribution in [0, 0.1) is 5.82 Å². The zero-order chi connectivity index (χ0) is 18.2. The number of methoxy groups -OCH3 is 1. The minimum atomic E-state index is -1.04. The SMILES string of the molecule is COCNCCOC(c1cc(F)cc(Cl)c1)c1cccc(C(=O)O)c1. The number of ether oxygens (including phenoxy) is 2. The summed E-state index contributed by atoms with van der Waals surface area (Å²) < 4.78 is 24.5. The molecule has 0 saturated carbocycles. The third-order valence-electron chi connectivity index (χ3n) is 3.43. The normalized spacial score (nSPS) is 12.1. The van der Waals surface area contributed by atoms with Gasteiger partial charge in [0, 0.05) is 18.7 Å². The van der Waals surface area contributed by atoms with Gasteiger partial charge in [-0.25, -0.2) is 9.18 Å². The standard InChI is InChI=1S/C18H19ClFNO4/c1-24-11-21-5-6-25-17(14-8-15(19)10-16(20)9-14)12-3-2-4-13(7-12)18(22)23/h2-4,7-10,17,21H,5-6,11H2,1H3,(H,22,23). The maximum Gasteiger partial charge on any atom is 0.335 e. The summed E-state index contributed by atoms with van der Waals surface area (Å²) in [5.74, 6) is -1.53. The summed E-state index contributed by atoms with van der Waals surface area (Å²) in [6.45, 7) is 1.22. The van der Waals surface area contributed by atoms with Crippen LogP contribution >= 0.6 is 11.6 Å². The van der Waals surface area contributed by atoms with Gasteiger partial charge in [-0.3, -0.25) is 5.32 Å². The second kappa shape index (κ2) is 9.48. The fraction of sp³-hybridized carbons (Fsp3) is 0.278. The number of carboxylic acid groups (broad SMARTS) is 1. The molecular weight excluding hydrogens is 349 g/mol. The number of halogens is 2. The summed E-state index contributed by atoms with van der Waals surface area (Å²) in [6, 6.07) is 10.5. The molecule has 0 radical (unpaired) electrons. The summed E-state index contributed by atoms with van der Waals surface area (Å²) in [4.78, 5) is 11.2. The molecule has 5 nitrogen and oxygen atoms in total. The fourth-order valence-corrected chi connectivity index (χ4v) is 2.60. The van der Waals surface area contributed by atoms with E-state index in [-0.39, 0.29) is 10.6 Å². The van der Waals surface area contributed by atoms with Crippen molar-refractivity contribution in [1.29, 1.82) is 0 Å². The number of carboxylic acids is 1. The van der Waals surface area contributed by atoms with E-state index in [1.807, 2.05) is 0 Å². The summed E-state index contributed by atoms with van der Waals surface area (Å²) in [5, 5.41) is 12.4. The van der Waals surface area contributed by atoms with Crippen LogP contribution in [0.2, 0.25) is 5.02 Å². The largest absolute Gasteiger partial charge is 0.478 e. The molecule has 0 aliphatic heterocycles. The molecular formula is C18H19ClFNO4. The first-order valence-electron chi connectivity index (χ1n) is 7.61. The molecule has 0 amide bonds. The Labute approximate surface area is 150 Å². The van der Waals surface area contributed by atoms with Crippen molar-refractivity contribution >= 4 is 17.6 Å². The van der Waals surface area contributed by atoms with E-state index in [1.165, 1.54) is 24.3 Å². The first-order valence-corrected chi connectivity index (χ1v) is 7.99. The summed E-state index contributed by atoms with van der Waals surface area (Å²) >= 11 is 5.95. The Morgan fingerprint density at radius 3 is 2.76 bits per heavy atom. The minimum Gasteiger partial charge on any atom is -0.478 e. The quantitative estimate of drug-likeness (QED) is 0.524. The Morgan fingerprint density at radius 1 is 1.28 bits per heavy atom. The van der Waals surface area contributed by atoms with Gasteiger partial charge in [-0.05, 0) is 41.5 Å². The minimum absolute atomic E-state index is 0.131. The van der Waals surface area contributed by atoms with Crippen LogP contribution < -0.4 is 5.32 Å². The molecule has 134 valence electrons. The molecule has 0 saturated heterocycles. The molecule has 2 rings (SSSR count). The van der Waals surface area contributed by atoms with E-state index in [4.69, 9.17) is 21.1 Å². The molecule has 0 aliphatic rings. The predicted octanol–water partition coefficient (Wildman–Crippen LogP) is 3.48. The predicted molar refractivity (Wildman–Crippen MR) is 92.5 cm³/mol. The van der Waals surface area contributed by atoms with Crippen molar-refractivity contribution in [1.82, 2.24) is 5.32 Å². The van der Waals surface area contributed by atoms with E-state index in [1.54, 1.807) is 25.3 Å². The van der Waals surface area contributed by atoms with Crippen molar-refractivity contribution in [3.63, 3.8) is 0 Å². The molecule has 2 N–H and O–H groups in total. The third kappa shape index (κ3) is 5.79. The highest BCUT2D eigenvalue weighted by molar-refractivity contribution is 6.30. The summed E-state index contributed by atoms with van der Waals surface area (Å²) in [7, 11) is 1.57. The van der Waals surface area contributed by atoms with E-state index < -0.39 is 17.9 Å². The highest BCUT2D eigenvalue weighted by atomic mass is 35.5. The third-order valence-corrected chi connectivity index (χ3v) is 3.65. The van der Waals surface area contributed by atoms with Gasteiger partial charge < -0.3 is 14.6 Å². The molecule has 1 unspecified atom stereocenters. The number of hydrogen-bond donors (Lipinski definition) is 2. The zero-order valence-electron chi connectivity index (χ0n) is 13.7. The van der Waals surface area contributed by atoms with Crippen LogP contribution in [-0.4, -0.2) is 38.1 Å². The smallest absolute Gasteiger partial charge is 0.335 e. The molecule has 0 spiro atoms. The van der Waals surface area contributed by atoms with Crippen LogP contribution in [-0.2, 0) is 9.47 Å². The van der Waals surface area contributed by atoms with E-state index in [0.717, 1.165) is 0 Å². The topological polar surface area (TPSA) is 67.8 Å². The van der Waals surface area contributed by atoms with E-state index in [9.17, 15) is 14.3 Å². The molecule has 0 heterocycles. The number of nitrogens with one attached hydrogen (secondary N) is 1. The molecule has 0 aliphatic carbocycles. The maximum absolute atomic E-state index is 13.7.